The smallest absolute Gasteiger partial charge is 0.127 e. The highest BCUT2D eigenvalue weighted by atomic mass is 16.5. The zero-order valence-electron chi connectivity index (χ0n) is 12.7. The van der Waals surface area contributed by atoms with Gasteiger partial charge in [0.15, 0.2) is 0 Å². The summed E-state index contributed by atoms with van der Waals surface area (Å²) in [5.74, 6) is 1.82. The third kappa shape index (κ3) is 5.34. The highest BCUT2D eigenvalue weighted by molar-refractivity contribution is 5.51. The van der Waals surface area contributed by atoms with Crippen LogP contribution in [-0.4, -0.2) is 24.7 Å². The predicted octanol–water partition coefficient (Wildman–Crippen LogP) is 3.70. The third-order valence-corrected chi connectivity index (χ3v) is 3.01. The molecule has 2 aromatic rings. The van der Waals surface area contributed by atoms with Crippen molar-refractivity contribution in [2.75, 3.05) is 30.3 Å². The van der Waals surface area contributed by atoms with Gasteiger partial charge in [0.05, 0.1) is 0 Å². The minimum atomic E-state index is 0.628. The van der Waals surface area contributed by atoms with Crippen LogP contribution in [0.4, 0.5) is 11.5 Å². The van der Waals surface area contributed by atoms with Gasteiger partial charge in [-0.2, -0.15) is 0 Å². The SMILES string of the molecule is CCCNc1cc(NCCOc2cccc(C)c2)ccn1. The van der Waals surface area contributed by atoms with Crippen molar-refractivity contribution < 1.29 is 4.74 Å². The normalized spacial score (nSPS) is 10.2. The lowest BCUT2D eigenvalue weighted by Gasteiger charge is -2.10. The molecule has 0 aliphatic carbocycles. The Labute approximate surface area is 126 Å². The second-order valence-corrected chi connectivity index (χ2v) is 4.95. The first-order valence-corrected chi connectivity index (χ1v) is 7.41. The number of ether oxygens (including phenoxy) is 1. The number of nitrogens with one attached hydrogen (secondary N) is 2. The summed E-state index contributed by atoms with van der Waals surface area (Å²) in [6, 6.07) is 12.1. The molecule has 21 heavy (non-hydrogen) atoms. The maximum absolute atomic E-state index is 5.71. The lowest BCUT2D eigenvalue weighted by atomic mass is 10.2. The molecule has 0 amide bonds. The van der Waals surface area contributed by atoms with Crippen molar-refractivity contribution in [1.82, 2.24) is 4.98 Å². The summed E-state index contributed by atoms with van der Waals surface area (Å²) in [6.07, 6.45) is 2.89. The van der Waals surface area contributed by atoms with Crippen LogP contribution >= 0.6 is 0 Å². The summed E-state index contributed by atoms with van der Waals surface area (Å²) in [7, 11) is 0. The van der Waals surface area contributed by atoms with E-state index in [-0.39, 0.29) is 0 Å². The number of aromatic nitrogens is 1. The molecule has 1 aromatic heterocycles. The van der Waals surface area contributed by atoms with E-state index in [0.717, 1.165) is 36.8 Å². The fourth-order valence-electron chi connectivity index (χ4n) is 1.96. The number of nitrogens with zero attached hydrogens (tertiary/aromatic N) is 1. The summed E-state index contributed by atoms with van der Waals surface area (Å²) in [6.45, 7) is 6.52. The molecule has 1 heterocycles. The van der Waals surface area contributed by atoms with E-state index in [1.807, 2.05) is 36.5 Å². The van der Waals surface area contributed by atoms with Crippen molar-refractivity contribution >= 4 is 11.5 Å². The molecule has 0 atom stereocenters. The Kier molecular flexibility index (Phi) is 5.88. The van der Waals surface area contributed by atoms with Crippen molar-refractivity contribution in [3.05, 3.63) is 48.2 Å². The largest absolute Gasteiger partial charge is 0.492 e. The van der Waals surface area contributed by atoms with Gasteiger partial charge in [0.1, 0.15) is 18.2 Å². The average Bonchev–Trinajstić information content (AvgIpc) is 2.50. The van der Waals surface area contributed by atoms with Gasteiger partial charge in [-0.3, -0.25) is 0 Å². The highest BCUT2D eigenvalue weighted by Crippen LogP contribution is 2.13. The molecule has 1 aromatic carbocycles. The molecule has 0 fully saturated rings. The number of pyridine rings is 1. The van der Waals surface area contributed by atoms with Crippen molar-refractivity contribution in [1.29, 1.82) is 0 Å². The maximum atomic E-state index is 5.71. The summed E-state index contributed by atoms with van der Waals surface area (Å²) < 4.78 is 5.71. The third-order valence-electron chi connectivity index (χ3n) is 3.01. The molecule has 0 saturated heterocycles. The van der Waals surface area contributed by atoms with E-state index in [0.29, 0.717) is 6.61 Å². The van der Waals surface area contributed by atoms with E-state index in [1.165, 1.54) is 5.56 Å². The van der Waals surface area contributed by atoms with E-state index in [2.05, 4.69) is 35.5 Å². The Morgan fingerprint density at radius 3 is 2.81 bits per heavy atom. The van der Waals surface area contributed by atoms with Gasteiger partial charge >= 0.3 is 0 Å². The fraction of sp³-hybridized carbons (Fsp3) is 0.353. The van der Waals surface area contributed by atoms with Gasteiger partial charge in [0.2, 0.25) is 0 Å². The van der Waals surface area contributed by atoms with E-state index < -0.39 is 0 Å². The van der Waals surface area contributed by atoms with Crippen molar-refractivity contribution in [3.8, 4) is 5.75 Å². The number of aryl methyl sites for hydroxylation is 1. The monoisotopic (exact) mass is 285 g/mol. The Hall–Kier alpha value is -2.23. The van der Waals surface area contributed by atoms with Crippen molar-refractivity contribution in [2.24, 2.45) is 0 Å². The predicted molar refractivity (Wildman–Crippen MR) is 88.2 cm³/mol. The van der Waals surface area contributed by atoms with Gasteiger partial charge in [0.25, 0.3) is 0 Å². The molecule has 0 radical (unpaired) electrons. The molecular formula is C17H23N3O. The lowest BCUT2D eigenvalue weighted by Crippen LogP contribution is -2.12. The van der Waals surface area contributed by atoms with E-state index in [4.69, 9.17) is 4.74 Å². The van der Waals surface area contributed by atoms with Crippen LogP contribution in [-0.2, 0) is 0 Å². The summed E-state index contributed by atoms with van der Waals surface area (Å²) in [5, 5.41) is 6.62. The molecule has 2 rings (SSSR count). The first-order chi connectivity index (χ1) is 10.3. The van der Waals surface area contributed by atoms with Crippen LogP contribution in [0.25, 0.3) is 0 Å². The molecule has 4 nitrogen and oxygen atoms in total. The number of rotatable bonds is 8. The van der Waals surface area contributed by atoms with Gasteiger partial charge in [-0.25, -0.2) is 4.98 Å². The minimum Gasteiger partial charge on any atom is -0.492 e. The molecule has 0 aliphatic heterocycles. The second kappa shape index (κ2) is 8.15. The van der Waals surface area contributed by atoms with Crippen LogP contribution in [0.3, 0.4) is 0 Å². The van der Waals surface area contributed by atoms with Gasteiger partial charge in [-0.15, -0.1) is 0 Å². The Balaban J connectivity index is 1.75. The Morgan fingerprint density at radius 1 is 1.10 bits per heavy atom. The second-order valence-electron chi connectivity index (χ2n) is 4.95. The van der Waals surface area contributed by atoms with Crippen LogP contribution in [0.2, 0.25) is 0 Å². The zero-order valence-corrected chi connectivity index (χ0v) is 12.7. The minimum absolute atomic E-state index is 0.628. The number of benzene rings is 1. The molecule has 0 bridgehead atoms. The summed E-state index contributed by atoms with van der Waals surface area (Å²) in [4.78, 5) is 4.28. The average molecular weight is 285 g/mol. The summed E-state index contributed by atoms with van der Waals surface area (Å²) in [5.41, 5.74) is 2.26. The molecule has 0 spiro atoms. The lowest BCUT2D eigenvalue weighted by molar-refractivity contribution is 0.332. The van der Waals surface area contributed by atoms with Gasteiger partial charge in [-0.1, -0.05) is 19.1 Å². The van der Waals surface area contributed by atoms with E-state index in [1.54, 1.807) is 0 Å². The molecule has 112 valence electrons. The number of anilines is 2. The quantitative estimate of drug-likeness (QED) is 0.726. The molecule has 4 heteroatoms. The molecule has 2 N–H and O–H groups in total. The first kappa shape index (κ1) is 15.2. The van der Waals surface area contributed by atoms with Crippen LogP contribution in [0.15, 0.2) is 42.6 Å². The zero-order chi connectivity index (χ0) is 14.9. The molecular weight excluding hydrogens is 262 g/mol. The van der Waals surface area contributed by atoms with E-state index in [9.17, 15) is 0 Å². The number of hydrogen-bond donors (Lipinski definition) is 2. The summed E-state index contributed by atoms with van der Waals surface area (Å²) >= 11 is 0. The Bertz CT molecular complexity index is 557. The van der Waals surface area contributed by atoms with Crippen LogP contribution in [0, 0.1) is 6.92 Å². The highest BCUT2D eigenvalue weighted by Gasteiger charge is 1.97. The molecule has 0 unspecified atom stereocenters. The standard InChI is InChI=1S/C17H23N3O/c1-3-8-19-17-13-15(7-9-20-17)18-10-11-21-16-6-4-5-14(2)12-16/h4-7,9,12-13H,3,8,10-11H2,1-2H3,(H2,18,19,20). The van der Waals surface area contributed by atoms with Crippen molar-refractivity contribution in [3.63, 3.8) is 0 Å². The number of hydrogen-bond acceptors (Lipinski definition) is 4. The van der Waals surface area contributed by atoms with Gasteiger partial charge in [0, 0.05) is 31.0 Å². The van der Waals surface area contributed by atoms with Crippen LogP contribution < -0.4 is 15.4 Å². The fourth-order valence-corrected chi connectivity index (χ4v) is 1.96. The van der Waals surface area contributed by atoms with Crippen LogP contribution in [0.1, 0.15) is 18.9 Å². The van der Waals surface area contributed by atoms with Gasteiger partial charge < -0.3 is 15.4 Å². The van der Waals surface area contributed by atoms with Crippen molar-refractivity contribution in [2.45, 2.75) is 20.3 Å². The van der Waals surface area contributed by atoms with E-state index >= 15 is 0 Å². The Morgan fingerprint density at radius 2 is 2.00 bits per heavy atom. The van der Waals surface area contributed by atoms with Crippen LogP contribution in [0.5, 0.6) is 5.75 Å². The topological polar surface area (TPSA) is 46.2 Å². The maximum Gasteiger partial charge on any atom is 0.127 e. The molecule has 0 aliphatic rings. The van der Waals surface area contributed by atoms with Gasteiger partial charge in [-0.05, 0) is 37.1 Å². The molecule has 0 saturated carbocycles. The first-order valence-electron chi connectivity index (χ1n) is 7.41.